The van der Waals surface area contributed by atoms with Crippen LogP contribution in [0.4, 0.5) is 4.39 Å². The molecule has 0 fully saturated rings. The van der Waals surface area contributed by atoms with Crippen LogP contribution in [0.25, 0.3) is 0 Å². The van der Waals surface area contributed by atoms with E-state index in [9.17, 15) is 4.39 Å². The number of hydrogen-bond acceptors (Lipinski definition) is 2. The van der Waals surface area contributed by atoms with Crippen LogP contribution in [0.2, 0.25) is 5.02 Å². The van der Waals surface area contributed by atoms with Crippen LogP contribution in [0, 0.1) is 5.82 Å². The van der Waals surface area contributed by atoms with Crippen molar-refractivity contribution in [1.82, 2.24) is 5.32 Å². The maximum atomic E-state index is 14.4. The van der Waals surface area contributed by atoms with Gasteiger partial charge in [-0.25, -0.2) is 4.39 Å². The first kappa shape index (κ1) is 16.9. The quantitative estimate of drug-likeness (QED) is 0.600. The van der Waals surface area contributed by atoms with Crippen molar-refractivity contribution in [3.05, 3.63) is 54.9 Å². The first-order chi connectivity index (χ1) is 10.1. The highest BCUT2D eigenvalue weighted by molar-refractivity contribution is 9.10. The van der Waals surface area contributed by atoms with Gasteiger partial charge in [-0.3, -0.25) is 0 Å². The van der Waals surface area contributed by atoms with Crippen LogP contribution < -0.4 is 5.32 Å². The van der Waals surface area contributed by atoms with Gasteiger partial charge in [-0.15, -0.1) is 11.3 Å². The largest absolute Gasteiger partial charge is 0.305 e. The second-order valence-corrected chi connectivity index (χ2v) is 7.05. The third kappa shape index (κ3) is 3.86. The van der Waals surface area contributed by atoms with Crippen LogP contribution in [-0.4, -0.2) is 6.54 Å². The number of benzene rings is 1. The minimum atomic E-state index is -0.240. The van der Waals surface area contributed by atoms with Crippen molar-refractivity contribution in [1.29, 1.82) is 0 Å². The molecule has 0 amide bonds. The molecule has 0 spiro atoms. The Morgan fingerprint density at radius 1 is 1.38 bits per heavy atom. The van der Waals surface area contributed by atoms with Crippen molar-refractivity contribution in [3.8, 4) is 0 Å². The molecule has 1 atom stereocenters. The van der Waals surface area contributed by atoms with E-state index in [2.05, 4.69) is 46.5 Å². The van der Waals surface area contributed by atoms with Gasteiger partial charge in [0.1, 0.15) is 5.82 Å². The maximum absolute atomic E-state index is 14.4. The number of nitrogens with one attached hydrogen (secondary N) is 1. The van der Waals surface area contributed by atoms with Crippen molar-refractivity contribution < 1.29 is 4.39 Å². The molecule has 0 bridgehead atoms. The Morgan fingerprint density at radius 3 is 2.81 bits per heavy atom. The van der Waals surface area contributed by atoms with Crippen molar-refractivity contribution in [3.63, 3.8) is 0 Å². The summed E-state index contributed by atoms with van der Waals surface area (Å²) in [6, 6.07) is 5.12. The molecule has 5 heteroatoms. The molecule has 1 N–H and O–H groups in total. The molecule has 1 aromatic heterocycles. The van der Waals surface area contributed by atoms with Gasteiger partial charge in [0, 0.05) is 14.9 Å². The lowest BCUT2D eigenvalue weighted by atomic mass is 10.0. The molecule has 1 heterocycles. The molecular weight excluding hydrogens is 373 g/mol. The summed E-state index contributed by atoms with van der Waals surface area (Å²) in [4.78, 5) is 1.17. The second-order valence-electron chi connectivity index (χ2n) is 4.84. The van der Waals surface area contributed by atoms with E-state index in [1.54, 1.807) is 17.4 Å². The molecule has 1 aromatic carbocycles. The smallest absolute Gasteiger partial charge is 0.129 e. The van der Waals surface area contributed by atoms with Crippen LogP contribution in [0.3, 0.4) is 0 Å². The van der Waals surface area contributed by atoms with Gasteiger partial charge in [0.05, 0.1) is 11.1 Å². The zero-order valence-corrected chi connectivity index (χ0v) is 15.2. The fraction of sp³-hybridized carbons (Fsp3) is 0.375. The Bertz CT molecular complexity index is 614. The van der Waals surface area contributed by atoms with Crippen molar-refractivity contribution in [2.75, 3.05) is 6.54 Å². The normalized spacial score (nSPS) is 12.6. The van der Waals surface area contributed by atoms with E-state index >= 15 is 0 Å². The summed E-state index contributed by atoms with van der Waals surface area (Å²) in [5, 5.41) is 6.04. The molecular formula is C16H18BrClFNS. The van der Waals surface area contributed by atoms with Crippen molar-refractivity contribution >= 4 is 38.9 Å². The minimum Gasteiger partial charge on any atom is -0.305 e. The van der Waals surface area contributed by atoms with Crippen LogP contribution in [0.5, 0.6) is 0 Å². The maximum Gasteiger partial charge on any atom is 0.129 e. The van der Waals surface area contributed by atoms with Crippen LogP contribution in [0.1, 0.15) is 42.3 Å². The Labute approximate surface area is 142 Å². The Morgan fingerprint density at radius 2 is 2.14 bits per heavy atom. The molecule has 0 aliphatic heterocycles. The predicted molar refractivity (Wildman–Crippen MR) is 92.9 cm³/mol. The second kappa shape index (κ2) is 7.73. The molecule has 0 radical (unpaired) electrons. The zero-order chi connectivity index (χ0) is 15.4. The highest BCUT2D eigenvalue weighted by Crippen LogP contribution is 2.35. The van der Waals surface area contributed by atoms with Gasteiger partial charge in [0.2, 0.25) is 0 Å². The highest BCUT2D eigenvalue weighted by atomic mass is 79.9. The molecule has 1 nitrogen and oxygen atoms in total. The van der Waals surface area contributed by atoms with E-state index in [0.29, 0.717) is 15.1 Å². The summed E-state index contributed by atoms with van der Waals surface area (Å²) in [7, 11) is 0. The SMILES string of the molecule is CCCNC(c1cc(Cl)c(Br)cc1F)c1sccc1CC. The van der Waals surface area contributed by atoms with E-state index in [0.717, 1.165) is 19.4 Å². The monoisotopic (exact) mass is 389 g/mol. The van der Waals surface area contributed by atoms with E-state index in [-0.39, 0.29) is 11.9 Å². The lowest BCUT2D eigenvalue weighted by Gasteiger charge is -2.20. The van der Waals surface area contributed by atoms with Crippen LogP contribution in [-0.2, 0) is 6.42 Å². The average Bonchev–Trinajstić information content (AvgIpc) is 2.93. The average molecular weight is 391 g/mol. The number of thiophene rings is 1. The Hall–Kier alpha value is -0.420. The highest BCUT2D eigenvalue weighted by Gasteiger charge is 2.22. The zero-order valence-electron chi connectivity index (χ0n) is 12.1. The van der Waals surface area contributed by atoms with Crippen molar-refractivity contribution in [2.45, 2.75) is 32.7 Å². The van der Waals surface area contributed by atoms with Gasteiger partial charge < -0.3 is 5.32 Å². The minimum absolute atomic E-state index is 0.148. The molecule has 114 valence electrons. The number of hydrogen-bond donors (Lipinski definition) is 1. The fourth-order valence-corrected chi connectivity index (χ4v) is 3.86. The third-order valence-corrected chi connectivity index (χ3v) is 5.59. The Balaban J connectivity index is 2.48. The fourth-order valence-electron chi connectivity index (χ4n) is 2.28. The van der Waals surface area contributed by atoms with Crippen LogP contribution in [0.15, 0.2) is 28.1 Å². The van der Waals surface area contributed by atoms with Gasteiger partial charge in [0.15, 0.2) is 0 Å². The Kier molecular flexibility index (Phi) is 6.23. The predicted octanol–water partition coefficient (Wildman–Crippen LogP) is 5.95. The number of aryl methyl sites for hydroxylation is 1. The summed E-state index contributed by atoms with van der Waals surface area (Å²) in [5.41, 5.74) is 1.86. The van der Waals surface area contributed by atoms with E-state index in [1.165, 1.54) is 16.5 Å². The summed E-state index contributed by atoms with van der Waals surface area (Å²) in [6.45, 7) is 5.05. The first-order valence-corrected chi connectivity index (χ1v) is 9.07. The molecule has 0 aliphatic carbocycles. The summed E-state index contributed by atoms with van der Waals surface area (Å²) in [5.74, 6) is -0.240. The van der Waals surface area contributed by atoms with Gasteiger partial charge in [-0.1, -0.05) is 25.4 Å². The standard InChI is InChI=1S/C16H18BrClFNS/c1-3-6-20-15(16-10(4-2)5-7-21-16)11-8-13(18)12(17)9-14(11)19/h5,7-9,15,20H,3-4,6H2,1-2H3. The lowest BCUT2D eigenvalue weighted by molar-refractivity contribution is 0.549. The van der Waals surface area contributed by atoms with E-state index in [4.69, 9.17) is 11.6 Å². The van der Waals surface area contributed by atoms with Gasteiger partial charge in [-0.2, -0.15) is 0 Å². The molecule has 0 saturated carbocycles. The first-order valence-electron chi connectivity index (χ1n) is 7.02. The molecule has 2 rings (SSSR count). The molecule has 0 aliphatic rings. The van der Waals surface area contributed by atoms with Gasteiger partial charge in [0.25, 0.3) is 0 Å². The van der Waals surface area contributed by atoms with Crippen molar-refractivity contribution in [2.24, 2.45) is 0 Å². The molecule has 0 saturated heterocycles. The summed E-state index contributed by atoms with van der Waals surface area (Å²) in [6.07, 6.45) is 1.93. The summed E-state index contributed by atoms with van der Waals surface area (Å²) < 4.78 is 15.0. The lowest BCUT2D eigenvalue weighted by Crippen LogP contribution is -2.24. The number of halogens is 3. The van der Waals surface area contributed by atoms with E-state index < -0.39 is 0 Å². The summed E-state index contributed by atoms with van der Waals surface area (Å²) >= 11 is 11.1. The topological polar surface area (TPSA) is 12.0 Å². The molecule has 2 aromatic rings. The van der Waals surface area contributed by atoms with Gasteiger partial charge >= 0.3 is 0 Å². The number of rotatable bonds is 6. The molecule has 21 heavy (non-hydrogen) atoms. The molecule has 1 unspecified atom stereocenters. The van der Waals surface area contributed by atoms with E-state index in [1.807, 2.05) is 0 Å². The van der Waals surface area contributed by atoms with Gasteiger partial charge in [-0.05, 0) is 64.5 Å². The third-order valence-electron chi connectivity index (χ3n) is 3.37. The van der Waals surface area contributed by atoms with Crippen LogP contribution >= 0.6 is 38.9 Å².